The van der Waals surface area contributed by atoms with E-state index in [0.29, 0.717) is 5.92 Å². The zero-order valence-electron chi connectivity index (χ0n) is 6.29. The summed E-state index contributed by atoms with van der Waals surface area (Å²) in [7, 11) is 0. The monoisotopic (exact) mass is 160 g/mol. The van der Waals surface area contributed by atoms with Crippen LogP contribution in [0, 0.1) is 5.92 Å². The smallest absolute Gasteiger partial charge is 0.0799 e. The van der Waals surface area contributed by atoms with E-state index in [-0.39, 0.29) is 14.0 Å². The van der Waals surface area contributed by atoms with E-state index in [1.54, 1.807) is 0 Å². The molecule has 11 heavy (non-hydrogen) atoms. The molecule has 68 valence electrons. The molecular weight excluding hydrogens is 140 g/mol. The van der Waals surface area contributed by atoms with Gasteiger partial charge in [0.15, 0.2) is 0 Å². The second kappa shape index (κ2) is 5.56. The Morgan fingerprint density at radius 2 is 1.73 bits per heavy atom. The lowest BCUT2D eigenvalue weighted by atomic mass is 9.85. The number of rotatable bonds is 2. The largest absolute Gasteiger partial charge is 0.394 e. The van der Waals surface area contributed by atoms with Crippen molar-refractivity contribution in [3.05, 3.63) is 0 Å². The van der Waals surface area contributed by atoms with E-state index in [1.807, 2.05) is 0 Å². The summed E-state index contributed by atoms with van der Waals surface area (Å²) in [6, 6.07) is 0. The van der Waals surface area contributed by atoms with E-state index in [1.165, 1.54) is 19.3 Å². The number of aliphatic hydroxyl groups excluding tert-OH is 2. The van der Waals surface area contributed by atoms with Gasteiger partial charge in [-0.25, -0.2) is 0 Å². The van der Waals surface area contributed by atoms with Crippen LogP contribution in [0.4, 0.5) is 0 Å². The van der Waals surface area contributed by atoms with Crippen molar-refractivity contribution in [2.24, 2.45) is 5.92 Å². The lowest BCUT2D eigenvalue weighted by Crippen LogP contribution is -2.25. The first kappa shape index (κ1) is 10.9. The minimum atomic E-state index is -0.458. The summed E-state index contributed by atoms with van der Waals surface area (Å²) < 4.78 is 0. The Bertz CT molecular complexity index is 87.6. The molecule has 0 aliphatic heterocycles. The van der Waals surface area contributed by atoms with Crippen LogP contribution < -0.4 is 0 Å². The van der Waals surface area contributed by atoms with Crippen LogP contribution in [-0.2, 0) is 0 Å². The summed E-state index contributed by atoms with van der Waals surface area (Å²) in [5.41, 5.74) is 0. The molecule has 0 saturated heterocycles. The maximum absolute atomic E-state index is 9.23. The number of hydrogen-bond acceptors (Lipinski definition) is 2. The molecule has 2 N–H and O–H groups in total. The normalized spacial score (nSPS) is 22.4. The molecule has 0 spiro atoms. The van der Waals surface area contributed by atoms with E-state index in [0.717, 1.165) is 12.8 Å². The van der Waals surface area contributed by atoms with Gasteiger partial charge in [0.2, 0.25) is 0 Å². The van der Waals surface area contributed by atoms with Crippen LogP contribution in [0.15, 0.2) is 0 Å². The van der Waals surface area contributed by atoms with Crippen LogP contribution in [0.2, 0.25) is 0 Å². The van der Waals surface area contributed by atoms with E-state index < -0.39 is 6.10 Å². The highest BCUT2D eigenvalue weighted by Crippen LogP contribution is 2.25. The molecule has 1 unspecified atom stereocenters. The molecule has 0 aromatic rings. The molecule has 1 rings (SSSR count). The molecule has 1 atom stereocenters. The van der Waals surface area contributed by atoms with Crippen LogP contribution in [0.25, 0.3) is 0 Å². The van der Waals surface area contributed by atoms with Crippen molar-refractivity contribution in [1.29, 1.82) is 0 Å². The minimum absolute atomic E-state index is 0. The van der Waals surface area contributed by atoms with Gasteiger partial charge in [0.1, 0.15) is 0 Å². The van der Waals surface area contributed by atoms with E-state index in [4.69, 9.17) is 5.11 Å². The molecule has 1 saturated carbocycles. The van der Waals surface area contributed by atoms with E-state index in [9.17, 15) is 5.11 Å². The minimum Gasteiger partial charge on any atom is -0.394 e. The predicted octanol–water partition coefficient (Wildman–Crippen LogP) is 1.56. The fraction of sp³-hybridized carbons (Fsp3) is 1.00. The number of aliphatic hydroxyl groups is 2. The summed E-state index contributed by atoms with van der Waals surface area (Å²) in [4.78, 5) is 0. The highest BCUT2D eigenvalue weighted by atomic mass is 16.3. The molecule has 0 radical (unpaired) electrons. The van der Waals surface area contributed by atoms with Crippen molar-refractivity contribution in [3.63, 3.8) is 0 Å². The van der Waals surface area contributed by atoms with Crippen molar-refractivity contribution in [2.45, 2.75) is 45.6 Å². The molecule has 2 heteroatoms. The molecule has 1 aliphatic rings. The Morgan fingerprint density at radius 3 is 2.18 bits per heavy atom. The SMILES string of the molecule is C.OCC(O)C1CCCCC1. The molecule has 0 aromatic carbocycles. The van der Waals surface area contributed by atoms with Gasteiger partial charge in [-0.2, -0.15) is 0 Å². The van der Waals surface area contributed by atoms with Gasteiger partial charge in [-0.1, -0.05) is 26.7 Å². The summed E-state index contributed by atoms with van der Waals surface area (Å²) in [6.45, 7) is -0.0648. The maximum Gasteiger partial charge on any atom is 0.0799 e. The quantitative estimate of drug-likeness (QED) is 0.643. The first-order valence-electron chi connectivity index (χ1n) is 4.13. The lowest BCUT2D eigenvalue weighted by molar-refractivity contribution is 0.0325. The van der Waals surface area contributed by atoms with Gasteiger partial charge in [0.25, 0.3) is 0 Å². The molecule has 2 nitrogen and oxygen atoms in total. The van der Waals surface area contributed by atoms with Crippen molar-refractivity contribution >= 4 is 0 Å². The molecular formula is C9H20O2. The second-order valence-electron chi connectivity index (χ2n) is 3.15. The van der Waals surface area contributed by atoms with Crippen LogP contribution in [0.1, 0.15) is 39.5 Å². The van der Waals surface area contributed by atoms with Crippen molar-refractivity contribution in [1.82, 2.24) is 0 Å². The standard InChI is InChI=1S/C8H16O2.CH4/c9-6-8(10)7-4-2-1-3-5-7;/h7-10H,1-6H2;1H4. The third kappa shape index (κ3) is 3.21. The summed E-state index contributed by atoms with van der Waals surface area (Å²) >= 11 is 0. The van der Waals surface area contributed by atoms with Gasteiger partial charge < -0.3 is 10.2 Å². The molecule has 0 heterocycles. The highest BCUT2D eigenvalue weighted by molar-refractivity contribution is 4.71. The first-order valence-corrected chi connectivity index (χ1v) is 4.13. The first-order chi connectivity index (χ1) is 4.84. The summed E-state index contributed by atoms with van der Waals surface area (Å²) in [5, 5.41) is 17.9. The Hall–Kier alpha value is -0.0800. The van der Waals surface area contributed by atoms with Crippen molar-refractivity contribution in [3.8, 4) is 0 Å². The predicted molar refractivity (Wildman–Crippen MR) is 46.4 cm³/mol. The second-order valence-corrected chi connectivity index (χ2v) is 3.15. The molecule has 1 fully saturated rings. The molecule has 0 amide bonds. The van der Waals surface area contributed by atoms with Crippen LogP contribution in [-0.4, -0.2) is 22.9 Å². The highest BCUT2D eigenvalue weighted by Gasteiger charge is 2.20. The van der Waals surface area contributed by atoms with Crippen molar-refractivity contribution < 1.29 is 10.2 Å². The average Bonchev–Trinajstić information content (AvgIpc) is 2.05. The van der Waals surface area contributed by atoms with E-state index >= 15 is 0 Å². The summed E-state index contributed by atoms with van der Waals surface area (Å²) in [6.07, 6.45) is 5.49. The van der Waals surface area contributed by atoms with Gasteiger partial charge in [0, 0.05) is 0 Å². The average molecular weight is 160 g/mol. The lowest BCUT2D eigenvalue weighted by Gasteiger charge is -2.24. The van der Waals surface area contributed by atoms with Crippen LogP contribution in [0.3, 0.4) is 0 Å². The fourth-order valence-corrected chi connectivity index (χ4v) is 1.67. The van der Waals surface area contributed by atoms with Gasteiger partial charge in [-0.3, -0.25) is 0 Å². The van der Waals surface area contributed by atoms with Gasteiger partial charge >= 0.3 is 0 Å². The third-order valence-corrected chi connectivity index (χ3v) is 2.38. The number of hydrogen-bond donors (Lipinski definition) is 2. The van der Waals surface area contributed by atoms with Gasteiger partial charge in [-0.15, -0.1) is 0 Å². The zero-order valence-corrected chi connectivity index (χ0v) is 6.29. The molecule has 0 bridgehead atoms. The Kier molecular flexibility index (Phi) is 5.51. The fourth-order valence-electron chi connectivity index (χ4n) is 1.67. The van der Waals surface area contributed by atoms with Crippen LogP contribution >= 0.6 is 0 Å². The van der Waals surface area contributed by atoms with Gasteiger partial charge in [0.05, 0.1) is 12.7 Å². The van der Waals surface area contributed by atoms with Crippen molar-refractivity contribution in [2.75, 3.05) is 6.61 Å². The molecule has 0 aromatic heterocycles. The van der Waals surface area contributed by atoms with Gasteiger partial charge in [-0.05, 0) is 18.8 Å². The Labute approximate surface area is 69.2 Å². The maximum atomic E-state index is 9.23. The summed E-state index contributed by atoms with van der Waals surface area (Å²) in [5.74, 6) is 0.374. The van der Waals surface area contributed by atoms with Crippen LogP contribution in [0.5, 0.6) is 0 Å². The topological polar surface area (TPSA) is 40.5 Å². The zero-order chi connectivity index (χ0) is 7.40. The van der Waals surface area contributed by atoms with E-state index in [2.05, 4.69) is 0 Å². The Morgan fingerprint density at radius 1 is 1.18 bits per heavy atom. The third-order valence-electron chi connectivity index (χ3n) is 2.38. The molecule has 1 aliphatic carbocycles. The Balaban J connectivity index is 0.000001000.